The van der Waals surface area contributed by atoms with Gasteiger partial charge in [0.05, 0.1) is 4.92 Å². The van der Waals surface area contributed by atoms with Crippen LogP contribution in [0.25, 0.3) is 0 Å². The third-order valence-corrected chi connectivity index (χ3v) is 3.25. The molecule has 0 spiro atoms. The first-order valence-corrected chi connectivity index (χ1v) is 5.73. The Kier molecular flexibility index (Phi) is 3.83. The van der Waals surface area contributed by atoms with Crippen LogP contribution in [0.2, 0.25) is 0 Å². The molecule has 14 heavy (non-hydrogen) atoms. The molecule has 0 fully saturated rings. The standard InChI is InChI=1S/C8H4BrIN2O2/c9-3-5-6(4-11)8(12(13)14)2-1-7(5)10/h1-2H,3H2. The summed E-state index contributed by atoms with van der Waals surface area (Å²) in [6.45, 7) is 0. The Morgan fingerprint density at radius 3 is 2.71 bits per heavy atom. The first kappa shape index (κ1) is 11.4. The number of alkyl halides is 1. The molecule has 0 unspecified atom stereocenters. The molecule has 0 aliphatic heterocycles. The molecule has 0 radical (unpaired) electrons. The highest BCUT2D eigenvalue weighted by Gasteiger charge is 2.18. The third kappa shape index (κ3) is 2.04. The third-order valence-electron chi connectivity index (χ3n) is 1.68. The lowest BCUT2D eigenvalue weighted by Crippen LogP contribution is -1.98. The molecule has 0 saturated carbocycles. The van der Waals surface area contributed by atoms with Crippen LogP contribution in [-0.2, 0) is 5.33 Å². The average molecular weight is 367 g/mol. The molecule has 0 saturated heterocycles. The molecular weight excluding hydrogens is 363 g/mol. The lowest BCUT2D eigenvalue weighted by atomic mass is 10.1. The van der Waals surface area contributed by atoms with Gasteiger partial charge in [0.25, 0.3) is 5.69 Å². The predicted octanol–water partition coefficient (Wildman–Crippen LogP) is 2.97. The number of halogens is 2. The summed E-state index contributed by atoms with van der Waals surface area (Å²) < 4.78 is 0.849. The van der Waals surface area contributed by atoms with Gasteiger partial charge in [0, 0.05) is 20.5 Å². The van der Waals surface area contributed by atoms with Crippen LogP contribution in [0.3, 0.4) is 0 Å². The Morgan fingerprint density at radius 2 is 2.29 bits per heavy atom. The number of benzene rings is 1. The van der Waals surface area contributed by atoms with Crippen molar-refractivity contribution in [1.29, 1.82) is 5.26 Å². The fourth-order valence-electron chi connectivity index (χ4n) is 1.02. The van der Waals surface area contributed by atoms with Crippen LogP contribution in [0.1, 0.15) is 11.1 Å². The Bertz CT molecular complexity index is 428. The fourth-order valence-corrected chi connectivity index (χ4v) is 2.76. The molecular formula is C8H4BrIN2O2. The van der Waals surface area contributed by atoms with Crippen molar-refractivity contribution in [1.82, 2.24) is 0 Å². The predicted molar refractivity (Wildman–Crippen MR) is 63.2 cm³/mol. The lowest BCUT2D eigenvalue weighted by Gasteiger charge is -2.03. The van der Waals surface area contributed by atoms with Crippen molar-refractivity contribution >= 4 is 44.2 Å². The van der Waals surface area contributed by atoms with Gasteiger partial charge < -0.3 is 0 Å². The Morgan fingerprint density at radius 1 is 1.64 bits per heavy atom. The van der Waals surface area contributed by atoms with Crippen molar-refractivity contribution in [2.75, 3.05) is 0 Å². The molecule has 6 heteroatoms. The number of nitrogens with zero attached hydrogens (tertiary/aromatic N) is 2. The highest BCUT2D eigenvalue weighted by atomic mass is 127. The summed E-state index contributed by atoms with van der Waals surface area (Å²) in [5, 5.41) is 19.9. The fraction of sp³-hybridized carbons (Fsp3) is 0.125. The van der Waals surface area contributed by atoms with E-state index in [0.29, 0.717) is 10.9 Å². The highest BCUT2D eigenvalue weighted by molar-refractivity contribution is 14.1. The number of hydrogen-bond donors (Lipinski definition) is 0. The first-order valence-electron chi connectivity index (χ1n) is 3.53. The molecule has 0 aromatic heterocycles. The minimum absolute atomic E-state index is 0.137. The van der Waals surface area contributed by atoms with Crippen LogP contribution in [0.15, 0.2) is 12.1 Å². The van der Waals surface area contributed by atoms with E-state index in [-0.39, 0.29) is 11.3 Å². The van der Waals surface area contributed by atoms with Gasteiger partial charge in [-0.2, -0.15) is 5.26 Å². The zero-order valence-electron chi connectivity index (χ0n) is 6.83. The number of nitro groups is 1. The molecule has 4 nitrogen and oxygen atoms in total. The maximum absolute atomic E-state index is 10.6. The highest BCUT2D eigenvalue weighted by Crippen LogP contribution is 2.27. The van der Waals surface area contributed by atoms with Gasteiger partial charge >= 0.3 is 0 Å². The molecule has 0 amide bonds. The van der Waals surface area contributed by atoms with Crippen molar-refractivity contribution in [2.45, 2.75) is 5.33 Å². The minimum atomic E-state index is -0.541. The molecule has 72 valence electrons. The lowest BCUT2D eigenvalue weighted by molar-refractivity contribution is -0.385. The molecule has 0 aliphatic carbocycles. The maximum Gasteiger partial charge on any atom is 0.287 e. The number of nitro benzene ring substituents is 1. The van der Waals surface area contributed by atoms with E-state index in [1.54, 1.807) is 6.07 Å². The van der Waals surface area contributed by atoms with Crippen LogP contribution in [0.4, 0.5) is 5.69 Å². The number of nitriles is 1. The topological polar surface area (TPSA) is 66.9 Å². The Labute approximate surface area is 102 Å². The average Bonchev–Trinajstić information content (AvgIpc) is 2.16. The Hall–Kier alpha value is -0.680. The largest absolute Gasteiger partial charge is 0.287 e. The summed E-state index contributed by atoms with van der Waals surface area (Å²) in [5.41, 5.74) is 0.670. The molecule has 0 bridgehead atoms. The van der Waals surface area contributed by atoms with Crippen LogP contribution in [0.5, 0.6) is 0 Å². The maximum atomic E-state index is 10.6. The van der Waals surface area contributed by atoms with E-state index in [2.05, 4.69) is 15.9 Å². The van der Waals surface area contributed by atoms with Crippen molar-refractivity contribution in [3.8, 4) is 6.07 Å². The van der Waals surface area contributed by atoms with E-state index in [1.807, 2.05) is 28.7 Å². The van der Waals surface area contributed by atoms with Gasteiger partial charge in [0.15, 0.2) is 0 Å². The van der Waals surface area contributed by atoms with Crippen molar-refractivity contribution in [3.63, 3.8) is 0 Å². The second kappa shape index (κ2) is 4.70. The zero-order valence-corrected chi connectivity index (χ0v) is 10.6. The van der Waals surface area contributed by atoms with E-state index in [9.17, 15) is 10.1 Å². The van der Waals surface area contributed by atoms with E-state index in [4.69, 9.17) is 5.26 Å². The summed E-state index contributed by atoms with van der Waals surface area (Å²) in [4.78, 5) is 10.1. The summed E-state index contributed by atoms with van der Waals surface area (Å²) in [7, 11) is 0. The van der Waals surface area contributed by atoms with Crippen LogP contribution in [0, 0.1) is 25.0 Å². The Balaban J connectivity index is 3.50. The normalized spacial score (nSPS) is 9.50. The second-order valence-electron chi connectivity index (χ2n) is 2.42. The van der Waals surface area contributed by atoms with Gasteiger partial charge in [-0.15, -0.1) is 0 Å². The molecule has 1 aromatic carbocycles. The molecule has 1 aromatic rings. The smallest absolute Gasteiger partial charge is 0.258 e. The molecule has 0 heterocycles. The summed E-state index contributed by atoms with van der Waals surface area (Å²) in [6, 6.07) is 4.85. The quantitative estimate of drug-likeness (QED) is 0.350. The zero-order chi connectivity index (χ0) is 10.7. The minimum Gasteiger partial charge on any atom is -0.258 e. The van der Waals surface area contributed by atoms with E-state index in [1.165, 1.54) is 6.07 Å². The monoisotopic (exact) mass is 366 g/mol. The van der Waals surface area contributed by atoms with Crippen LogP contribution < -0.4 is 0 Å². The molecule has 0 atom stereocenters. The summed E-state index contributed by atoms with van der Waals surface area (Å²) >= 11 is 5.25. The van der Waals surface area contributed by atoms with Crippen molar-refractivity contribution in [2.24, 2.45) is 0 Å². The molecule has 0 aliphatic rings. The van der Waals surface area contributed by atoms with Crippen LogP contribution in [-0.4, -0.2) is 4.92 Å². The first-order chi connectivity index (χ1) is 6.61. The summed E-state index contributed by atoms with van der Waals surface area (Å²) in [5.74, 6) is 0. The van der Waals surface area contributed by atoms with Gasteiger partial charge in [0.1, 0.15) is 11.6 Å². The van der Waals surface area contributed by atoms with Gasteiger partial charge in [-0.3, -0.25) is 10.1 Å². The van der Waals surface area contributed by atoms with Crippen LogP contribution >= 0.6 is 38.5 Å². The van der Waals surface area contributed by atoms with Gasteiger partial charge in [-0.1, -0.05) is 15.9 Å². The SMILES string of the molecule is N#Cc1c([N+](=O)[O-])ccc(I)c1CBr. The molecule has 1 rings (SSSR count). The van der Waals surface area contributed by atoms with Gasteiger partial charge in [-0.05, 0) is 28.7 Å². The van der Waals surface area contributed by atoms with Gasteiger partial charge in [0.2, 0.25) is 0 Å². The second-order valence-corrected chi connectivity index (χ2v) is 4.15. The number of rotatable bonds is 2. The summed E-state index contributed by atoms with van der Waals surface area (Å²) in [6.07, 6.45) is 0. The van der Waals surface area contributed by atoms with Crippen molar-refractivity contribution < 1.29 is 4.92 Å². The van der Waals surface area contributed by atoms with E-state index >= 15 is 0 Å². The van der Waals surface area contributed by atoms with E-state index in [0.717, 1.165) is 3.57 Å². The van der Waals surface area contributed by atoms with E-state index < -0.39 is 4.92 Å². The van der Waals surface area contributed by atoms with Crippen molar-refractivity contribution in [3.05, 3.63) is 36.9 Å². The molecule has 0 N–H and O–H groups in total. The van der Waals surface area contributed by atoms with Gasteiger partial charge in [-0.25, -0.2) is 0 Å². The number of hydrogen-bond acceptors (Lipinski definition) is 3.